The SMILES string of the molecule is CNCC[C@H](C(=O)O)C(C)C. The van der Waals surface area contributed by atoms with E-state index in [1.165, 1.54) is 0 Å². The predicted octanol–water partition coefficient (Wildman–Crippen LogP) is 0.953. The first-order valence-corrected chi connectivity index (χ1v) is 3.97. The van der Waals surface area contributed by atoms with E-state index in [4.69, 9.17) is 5.11 Å². The van der Waals surface area contributed by atoms with Crippen LogP contribution < -0.4 is 5.32 Å². The molecule has 3 nitrogen and oxygen atoms in total. The first-order chi connectivity index (χ1) is 5.09. The minimum absolute atomic E-state index is 0.206. The molecule has 0 saturated heterocycles. The van der Waals surface area contributed by atoms with Crippen molar-refractivity contribution < 1.29 is 9.90 Å². The van der Waals surface area contributed by atoms with Gasteiger partial charge in [0.05, 0.1) is 5.92 Å². The van der Waals surface area contributed by atoms with E-state index in [9.17, 15) is 4.79 Å². The van der Waals surface area contributed by atoms with E-state index in [2.05, 4.69) is 5.32 Å². The minimum Gasteiger partial charge on any atom is -0.481 e. The number of hydrogen-bond donors (Lipinski definition) is 2. The zero-order chi connectivity index (χ0) is 8.85. The van der Waals surface area contributed by atoms with Gasteiger partial charge in [0.15, 0.2) is 0 Å². The smallest absolute Gasteiger partial charge is 0.306 e. The molecule has 0 aromatic rings. The molecule has 2 N–H and O–H groups in total. The van der Waals surface area contributed by atoms with Crippen molar-refractivity contribution in [2.45, 2.75) is 20.3 Å². The Bertz CT molecular complexity index is 123. The molecule has 0 amide bonds. The molecule has 0 aliphatic heterocycles. The van der Waals surface area contributed by atoms with Crippen molar-refractivity contribution in [2.75, 3.05) is 13.6 Å². The predicted molar refractivity (Wildman–Crippen MR) is 44.5 cm³/mol. The Labute approximate surface area is 67.8 Å². The van der Waals surface area contributed by atoms with Gasteiger partial charge < -0.3 is 10.4 Å². The van der Waals surface area contributed by atoms with Crippen LogP contribution in [0.2, 0.25) is 0 Å². The number of rotatable bonds is 5. The maximum atomic E-state index is 10.6. The summed E-state index contributed by atoms with van der Waals surface area (Å²) in [6.07, 6.45) is 0.712. The van der Waals surface area contributed by atoms with Gasteiger partial charge in [-0.3, -0.25) is 4.79 Å². The van der Waals surface area contributed by atoms with Crippen molar-refractivity contribution in [3.63, 3.8) is 0 Å². The fourth-order valence-electron chi connectivity index (χ4n) is 1.04. The molecular formula is C8H17NO2. The van der Waals surface area contributed by atoms with E-state index in [1.807, 2.05) is 20.9 Å². The number of nitrogens with one attached hydrogen (secondary N) is 1. The molecule has 0 bridgehead atoms. The summed E-state index contributed by atoms with van der Waals surface area (Å²) in [5.74, 6) is -0.668. The number of aliphatic carboxylic acids is 1. The second-order valence-electron chi connectivity index (χ2n) is 3.08. The van der Waals surface area contributed by atoms with Gasteiger partial charge in [0.25, 0.3) is 0 Å². The van der Waals surface area contributed by atoms with Gasteiger partial charge in [0, 0.05) is 0 Å². The van der Waals surface area contributed by atoms with Crippen molar-refractivity contribution in [2.24, 2.45) is 11.8 Å². The molecule has 1 atom stereocenters. The number of carboxylic acids is 1. The summed E-state index contributed by atoms with van der Waals surface area (Å²) >= 11 is 0. The van der Waals surface area contributed by atoms with Crippen molar-refractivity contribution in [3.8, 4) is 0 Å². The first kappa shape index (κ1) is 10.4. The molecule has 0 fully saturated rings. The van der Waals surface area contributed by atoms with Crippen LogP contribution in [0.1, 0.15) is 20.3 Å². The van der Waals surface area contributed by atoms with Crippen LogP contribution in [0.25, 0.3) is 0 Å². The molecule has 0 radical (unpaired) electrons. The summed E-state index contributed by atoms with van der Waals surface area (Å²) in [5.41, 5.74) is 0. The minimum atomic E-state index is -0.685. The van der Waals surface area contributed by atoms with Crippen LogP contribution in [0.4, 0.5) is 0 Å². The number of hydrogen-bond acceptors (Lipinski definition) is 2. The lowest BCUT2D eigenvalue weighted by atomic mass is 9.93. The molecule has 0 aliphatic rings. The molecule has 0 aromatic heterocycles. The summed E-state index contributed by atoms with van der Waals surface area (Å²) < 4.78 is 0. The van der Waals surface area contributed by atoms with Crippen LogP contribution in [0.15, 0.2) is 0 Å². The van der Waals surface area contributed by atoms with Gasteiger partial charge >= 0.3 is 5.97 Å². The molecule has 0 unspecified atom stereocenters. The Balaban J connectivity index is 3.80. The van der Waals surface area contributed by atoms with Gasteiger partial charge in [-0.1, -0.05) is 13.8 Å². The average molecular weight is 159 g/mol. The maximum Gasteiger partial charge on any atom is 0.306 e. The third-order valence-electron chi connectivity index (χ3n) is 1.83. The zero-order valence-corrected chi connectivity index (χ0v) is 7.42. The summed E-state index contributed by atoms with van der Waals surface area (Å²) in [6.45, 7) is 4.65. The van der Waals surface area contributed by atoms with Crippen molar-refractivity contribution in [3.05, 3.63) is 0 Å². The van der Waals surface area contributed by atoms with Crippen LogP contribution >= 0.6 is 0 Å². The molecule has 0 aromatic carbocycles. The third kappa shape index (κ3) is 3.98. The Morgan fingerprint density at radius 2 is 2.09 bits per heavy atom. The molecular weight excluding hydrogens is 142 g/mol. The molecule has 0 spiro atoms. The van der Waals surface area contributed by atoms with Gasteiger partial charge in [-0.05, 0) is 25.9 Å². The molecule has 0 rings (SSSR count). The lowest BCUT2D eigenvalue weighted by Gasteiger charge is -2.15. The fourth-order valence-corrected chi connectivity index (χ4v) is 1.04. The van der Waals surface area contributed by atoms with Crippen molar-refractivity contribution >= 4 is 5.97 Å². The van der Waals surface area contributed by atoms with E-state index in [0.717, 1.165) is 6.54 Å². The second-order valence-corrected chi connectivity index (χ2v) is 3.08. The standard InChI is InChI=1S/C8H17NO2/c1-6(2)7(8(10)11)4-5-9-3/h6-7,9H,4-5H2,1-3H3,(H,10,11)/t7-/m0/s1. The summed E-state index contributed by atoms with van der Waals surface area (Å²) in [5, 5.41) is 11.7. The highest BCUT2D eigenvalue weighted by Crippen LogP contribution is 2.14. The lowest BCUT2D eigenvalue weighted by Crippen LogP contribution is -2.24. The quantitative estimate of drug-likeness (QED) is 0.628. The number of carboxylic acid groups (broad SMARTS) is 1. The highest BCUT2D eigenvalue weighted by molar-refractivity contribution is 5.70. The van der Waals surface area contributed by atoms with Crippen LogP contribution in [-0.4, -0.2) is 24.7 Å². The average Bonchev–Trinajstić information content (AvgIpc) is 1.87. The second kappa shape index (κ2) is 5.13. The molecule has 11 heavy (non-hydrogen) atoms. The first-order valence-electron chi connectivity index (χ1n) is 3.97. The van der Waals surface area contributed by atoms with Crippen LogP contribution in [-0.2, 0) is 4.79 Å². The largest absolute Gasteiger partial charge is 0.481 e. The van der Waals surface area contributed by atoms with E-state index < -0.39 is 5.97 Å². The summed E-state index contributed by atoms with van der Waals surface area (Å²) in [4.78, 5) is 10.6. The molecule has 0 saturated carbocycles. The highest BCUT2D eigenvalue weighted by Gasteiger charge is 2.19. The summed E-state index contributed by atoms with van der Waals surface area (Å²) in [6, 6.07) is 0. The van der Waals surface area contributed by atoms with Gasteiger partial charge in [-0.25, -0.2) is 0 Å². The lowest BCUT2D eigenvalue weighted by molar-refractivity contribution is -0.143. The Morgan fingerprint density at radius 1 is 1.55 bits per heavy atom. The van der Waals surface area contributed by atoms with E-state index in [0.29, 0.717) is 6.42 Å². The molecule has 66 valence electrons. The Morgan fingerprint density at radius 3 is 2.36 bits per heavy atom. The monoisotopic (exact) mass is 159 g/mol. The van der Waals surface area contributed by atoms with Gasteiger partial charge in [-0.2, -0.15) is 0 Å². The molecule has 0 aliphatic carbocycles. The molecule has 0 heterocycles. The maximum absolute atomic E-state index is 10.6. The number of carbonyl (C=O) groups is 1. The van der Waals surface area contributed by atoms with Crippen LogP contribution in [0.3, 0.4) is 0 Å². The topological polar surface area (TPSA) is 49.3 Å². The normalized spacial score (nSPS) is 13.5. The highest BCUT2D eigenvalue weighted by atomic mass is 16.4. The van der Waals surface area contributed by atoms with E-state index in [-0.39, 0.29) is 11.8 Å². The fraction of sp³-hybridized carbons (Fsp3) is 0.875. The van der Waals surface area contributed by atoms with Crippen LogP contribution in [0, 0.1) is 11.8 Å². The Kier molecular flexibility index (Phi) is 4.86. The van der Waals surface area contributed by atoms with Gasteiger partial charge in [0.2, 0.25) is 0 Å². The van der Waals surface area contributed by atoms with Crippen molar-refractivity contribution in [1.29, 1.82) is 0 Å². The molecule has 3 heteroatoms. The zero-order valence-electron chi connectivity index (χ0n) is 7.42. The van der Waals surface area contributed by atoms with Crippen LogP contribution in [0.5, 0.6) is 0 Å². The van der Waals surface area contributed by atoms with E-state index >= 15 is 0 Å². The van der Waals surface area contributed by atoms with Gasteiger partial charge in [0.1, 0.15) is 0 Å². The third-order valence-corrected chi connectivity index (χ3v) is 1.83. The van der Waals surface area contributed by atoms with E-state index in [1.54, 1.807) is 0 Å². The van der Waals surface area contributed by atoms with Crippen molar-refractivity contribution in [1.82, 2.24) is 5.32 Å². The summed E-state index contributed by atoms with van der Waals surface area (Å²) in [7, 11) is 1.83. The van der Waals surface area contributed by atoms with Gasteiger partial charge in [-0.15, -0.1) is 0 Å². The Hall–Kier alpha value is -0.570.